The second kappa shape index (κ2) is 2.74. The number of benzene rings is 1. The van der Waals surface area contributed by atoms with Gasteiger partial charge in [0, 0.05) is 24.9 Å². The third-order valence-corrected chi connectivity index (χ3v) is 3.03. The third-order valence-electron chi connectivity index (χ3n) is 3.03. The lowest BCUT2D eigenvalue weighted by atomic mass is 9.87. The largest absolute Gasteiger partial charge is 0.493 e. The molecule has 1 radical (unpaired) electrons. The highest BCUT2D eigenvalue weighted by molar-refractivity contribution is 5.39. The van der Waals surface area contributed by atoms with Gasteiger partial charge >= 0.3 is 0 Å². The van der Waals surface area contributed by atoms with Crippen LogP contribution >= 0.6 is 0 Å². The van der Waals surface area contributed by atoms with Gasteiger partial charge in [0.1, 0.15) is 5.75 Å². The zero-order valence-corrected chi connectivity index (χ0v) is 7.44. The van der Waals surface area contributed by atoms with Gasteiger partial charge in [-0.15, -0.1) is 0 Å². The van der Waals surface area contributed by atoms with Crippen LogP contribution in [0.1, 0.15) is 11.5 Å². The van der Waals surface area contributed by atoms with Gasteiger partial charge in [0.2, 0.25) is 0 Å². The first-order valence-electron chi connectivity index (χ1n) is 4.80. The number of hydrogen-bond donors (Lipinski definition) is 0. The van der Waals surface area contributed by atoms with E-state index in [1.165, 1.54) is 5.56 Å². The lowest BCUT2D eigenvalue weighted by molar-refractivity contribution is 0.219. The summed E-state index contributed by atoms with van der Waals surface area (Å²) in [6, 6.07) is 8.35. The Bertz CT molecular complexity index is 324. The van der Waals surface area contributed by atoms with Crippen molar-refractivity contribution in [3.05, 3.63) is 29.8 Å². The summed E-state index contributed by atoms with van der Waals surface area (Å²) in [4.78, 5) is 0. The number of rotatable bonds is 0. The Hall–Kier alpha value is -1.02. The Kier molecular flexibility index (Phi) is 1.56. The van der Waals surface area contributed by atoms with Crippen molar-refractivity contribution in [3.8, 4) is 5.75 Å². The molecule has 0 amide bonds. The van der Waals surface area contributed by atoms with E-state index < -0.39 is 0 Å². The quantitative estimate of drug-likeness (QED) is 0.583. The summed E-state index contributed by atoms with van der Waals surface area (Å²) in [6.45, 7) is 2.83. The maximum atomic E-state index is 5.68. The minimum Gasteiger partial charge on any atom is -0.493 e. The van der Waals surface area contributed by atoms with Crippen LogP contribution in [0.5, 0.6) is 5.75 Å². The highest BCUT2D eigenvalue weighted by Crippen LogP contribution is 2.38. The van der Waals surface area contributed by atoms with Gasteiger partial charge in [0.15, 0.2) is 0 Å². The molecule has 2 aliphatic heterocycles. The van der Waals surface area contributed by atoms with Crippen molar-refractivity contribution in [2.45, 2.75) is 5.92 Å². The smallest absolute Gasteiger partial charge is 0.122 e. The van der Waals surface area contributed by atoms with Gasteiger partial charge < -0.3 is 4.74 Å². The van der Waals surface area contributed by atoms with Gasteiger partial charge in [-0.3, -0.25) is 0 Å². The van der Waals surface area contributed by atoms with Crippen LogP contribution in [-0.2, 0) is 0 Å². The van der Waals surface area contributed by atoms with Crippen molar-refractivity contribution in [2.75, 3.05) is 19.7 Å². The van der Waals surface area contributed by atoms with Crippen LogP contribution in [0.4, 0.5) is 0 Å². The number of ether oxygens (including phenoxy) is 1. The van der Waals surface area contributed by atoms with Crippen molar-refractivity contribution in [1.29, 1.82) is 0 Å². The number of hydrogen-bond acceptors (Lipinski definition) is 1. The molecule has 1 aromatic rings. The topological polar surface area (TPSA) is 23.3 Å². The van der Waals surface area contributed by atoms with E-state index in [2.05, 4.69) is 23.5 Å². The monoisotopic (exact) mass is 174 g/mol. The molecule has 2 aliphatic rings. The predicted octanol–water partition coefficient (Wildman–Crippen LogP) is 1.40. The van der Waals surface area contributed by atoms with E-state index in [9.17, 15) is 0 Å². The van der Waals surface area contributed by atoms with Crippen molar-refractivity contribution in [1.82, 2.24) is 5.32 Å². The molecule has 1 aromatic carbocycles. The molecular weight excluding hydrogens is 162 g/mol. The fraction of sp³-hybridized carbons (Fsp3) is 0.455. The number of nitrogens with zero attached hydrogens (tertiary/aromatic N) is 1. The fourth-order valence-corrected chi connectivity index (χ4v) is 2.29. The minimum absolute atomic E-state index is 0.630. The van der Waals surface area contributed by atoms with E-state index in [0.717, 1.165) is 25.4 Å². The predicted molar refractivity (Wildman–Crippen MR) is 50.0 cm³/mol. The SMILES string of the molecule is c1ccc2c(c1)OCC1C[N]CC21. The molecule has 1 fully saturated rings. The first-order valence-corrected chi connectivity index (χ1v) is 4.80. The van der Waals surface area contributed by atoms with Crippen molar-refractivity contribution in [2.24, 2.45) is 5.92 Å². The van der Waals surface area contributed by atoms with E-state index in [0.29, 0.717) is 11.8 Å². The first-order chi connectivity index (χ1) is 6.45. The van der Waals surface area contributed by atoms with Crippen LogP contribution in [0.25, 0.3) is 0 Å². The molecule has 0 spiro atoms. The summed E-state index contributed by atoms with van der Waals surface area (Å²) in [7, 11) is 0. The summed E-state index contributed by atoms with van der Waals surface area (Å²) in [5.41, 5.74) is 1.36. The van der Waals surface area contributed by atoms with Crippen molar-refractivity contribution in [3.63, 3.8) is 0 Å². The zero-order chi connectivity index (χ0) is 8.67. The standard InChI is InChI=1S/C11H12NO/c1-2-4-11-9(3-1)10-6-12-5-8(10)7-13-11/h1-4,8,10H,5-7H2. The summed E-state index contributed by atoms with van der Waals surface area (Å²) in [6.07, 6.45) is 0. The molecule has 0 saturated carbocycles. The molecule has 2 unspecified atom stereocenters. The second-order valence-electron chi connectivity index (χ2n) is 3.80. The lowest BCUT2D eigenvalue weighted by Gasteiger charge is -2.27. The average Bonchev–Trinajstić information content (AvgIpc) is 2.65. The summed E-state index contributed by atoms with van der Waals surface area (Å²) in [5.74, 6) is 2.33. The van der Waals surface area contributed by atoms with Crippen molar-refractivity contribution < 1.29 is 4.74 Å². The molecular formula is C11H12NO. The van der Waals surface area contributed by atoms with Crippen molar-refractivity contribution >= 4 is 0 Å². The summed E-state index contributed by atoms with van der Waals surface area (Å²) in [5, 5.41) is 4.45. The molecule has 67 valence electrons. The summed E-state index contributed by atoms with van der Waals surface area (Å²) >= 11 is 0. The lowest BCUT2D eigenvalue weighted by Crippen LogP contribution is -2.24. The molecule has 13 heavy (non-hydrogen) atoms. The third kappa shape index (κ3) is 1.05. The van der Waals surface area contributed by atoms with Gasteiger partial charge in [0.05, 0.1) is 6.61 Å². The van der Waals surface area contributed by atoms with Crippen LogP contribution in [0.15, 0.2) is 24.3 Å². The van der Waals surface area contributed by atoms with Gasteiger partial charge in [-0.1, -0.05) is 18.2 Å². The number of para-hydroxylation sites is 1. The molecule has 1 saturated heterocycles. The van der Waals surface area contributed by atoms with Gasteiger partial charge in [0.25, 0.3) is 0 Å². The molecule has 2 atom stereocenters. The molecule has 0 aromatic heterocycles. The highest BCUT2D eigenvalue weighted by Gasteiger charge is 2.34. The molecule has 0 aliphatic carbocycles. The van der Waals surface area contributed by atoms with E-state index in [4.69, 9.17) is 4.74 Å². The Morgan fingerprint density at radius 2 is 2.15 bits per heavy atom. The van der Waals surface area contributed by atoms with Crippen LogP contribution in [-0.4, -0.2) is 19.7 Å². The Labute approximate surface area is 77.9 Å². The fourth-order valence-electron chi connectivity index (χ4n) is 2.29. The van der Waals surface area contributed by atoms with E-state index in [1.54, 1.807) is 0 Å². The van der Waals surface area contributed by atoms with Crippen LogP contribution in [0, 0.1) is 5.92 Å². The Morgan fingerprint density at radius 1 is 1.23 bits per heavy atom. The first kappa shape index (κ1) is 7.39. The van der Waals surface area contributed by atoms with E-state index in [-0.39, 0.29) is 0 Å². The van der Waals surface area contributed by atoms with E-state index >= 15 is 0 Å². The molecule has 3 rings (SSSR count). The Morgan fingerprint density at radius 3 is 3.15 bits per heavy atom. The average molecular weight is 174 g/mol. The van der Waals surface area contributed by atoms with Crippen LogP contribution < -0.4 is 10.1 Å². The van der Waals surface area contributed by atoms with Crippen LogP contribution in [0.3, 0.4) is 0 Å². The molecule has 2 heterocycles. The van der Waals surface area contributed by atoms with Gasteiger partial charge in [-0.2, -0.15) is 0 Å². The zero-order valence-electron chi connectivity index (χ0n) is 7.44. The number of fused-ring (bicyclic) bond motifs is 3. The minimum atomic E-state index is 0.630. The van der Waals surface area contributed by atoms with Crippen LogP contribution in [0.2, 0.25) is 0 Å². The normalized spacial score (nSPS) is 30.5. The molecule has 2 heteroatoms. The van der Waals surface area contributed by atoms with E-state index in [1.807, 2.05) is 6.07 Å². The maximum absolute atomic E-state index is 5.68. The van der Waals surface area contributed by atoms with Gasteiger partial charge in [-0.05, 0) is 11.6 Å². The molecule has 2 nitrogen and oxygen atoms in total. The van der Waals surface area contributed by atoms with Gasteiger partial charge in [-0.25, -0.2) is 5.32 Å². The second-order valence-corrected chi connectivity index (χ2v) is 3.80. The summed E-state index contributed by atoms with van der Waals surface area (Å²) < 4.78 is 5.68. The maximum Gasteiger partial charge on any atom is 0.122 e. The highest BCUT2D eigenvalue weighted by atomic mass is 16.5. The Balaban J connectivity index is 2.06. The molecule has 0 bridgehead atoms. The molecule has 0 N–H and O–H groups in total.